The summed E-state index contributed by atoms with van der Waals surface area (Å²) in [6.07, 6.45) is 24.5. The van der Waals surface area contributed by atoms with Gasteiger partial charge in [-0.3, -0.25) is 9.97 Å². The third-order valence-electron chi connectivity index (χ3n) is 10.9. The fraction of sp³-hybridized carbons (Fsp3) is 0.619. The zero-order chi connectivity index (χ0) is 30.9. The van der Waals surface area contributed by atoms with Crippen molar-refractivity contribution in [2.24, 2.45) is 0 Å². The maximum absolute atomic E-state index is 5.80. The van der Waals surface area contributed by atoms with E-state index in [1.54, 1.807) is 33.4 Å². The molecule has 1 atom stereocenters. The van der Waals surface area contributed by atoms with E-state index in [2.05, 4.69) is 65.0 Å². The number of nitrogens with zero attached hydrogens (tertiary/aromatic N) is 2. The Labute approximate surface area is 269 Å². The zero-order valence-corrected chi connectivity index (χ0v) is 28.9. The van der Waals surface area contributed by atoms with Gasteiger partial charge in [-0.05, 0) is 123 Å². The molecule has 238 valence electrons. The average molecular weight is 593 g/mol. The lowest BCUT2D eigenvalue weighted by atomic mass is 9.80. The maximum Gasteiger partial charge on any atom is 0.0567 e. The van der Waals surface area contributed by atoms with Gasteiger partial charge in [0.1, 0.15) is 0 Å². The second-order valence-corrected chi connectivity index (χ2v) is 14.0. The van der Waals surface area contributed by atoms with Crippen molar-refractivity contribution in [3.63, 3.8) is 0 Å². The lowest BCUT2D eigenvalue weighted by Crippen LogP contribution is -2.26. The Morgan fingerprint density at radius 2 is 1.05 bits per heavy atom. The molecule has 2 aliphatic rings. The molecule has 3 aromatic rings. The first kappa shape index (κ1) is 32.9. The van der Waals surface area contributed by atoms with Crippen LogP contribution >= 0.6 is 0 Å². The molecule has 5 rings (SSSR count). The second-order valence-electron chi connectivity index (χ2n) is 14.0. The van der Waals surface area contributed by atoms with E-state index >= 15 is 0 Å². The Balaban J connectivity index is 1.67. The minimum Gasteiger partial charge on any atom is -0.256 e. The Bertz CT molecular complexity index is 1370. The summed E-state index contributed by atoms with van der Waals surface area (Å²) >= 11 is 0. The van der Waals surface area contributed by atoms with E-state index in [0.29, 0.717) is 0 Å². The molecular weight excluding hydrogens is 532 g/mol. The van der Waals surface area contributed by atoms with Crippen molar-refractivity contribution >= 4 is 0 Å². The van der Waals surface area contributed by atoms with Crippen LogP contribution in [0.4, 0.5) is 0 Å². The van der Waals surface area contributed by atoms with Gasteiger partial charge in [-0.1, -0.05) is 109 Å². The number of aromatic nitrogens is 2. The molecule has 2 heterocycles. The molecule has 0 aliphatic heterocycles. The highest BCUT2D eigenvalue weighted by atomic mass is 14.8. The van der Waals surface area contributed by atoms with E-state index in [9.17, 15) is 0 Å². The van der Waals surface area contributed by atoms with Gasteiger partial charge in [0.25, 0.3) is 0 Å². The first-order valence-corrected chi connectivity index (χ1v) is 18.7. The van der Waals surface area contributed by atoms with E-state index in [0.717, 1.165) is 32.1 Å². The van der Waals surface area contributed by atoms with E-state index in [-0.39, 0.29) is 5.41 Å². The van der Waals surface area contributed by atoms with Crippen molar-refractivity contribution in [2.45, 2.75) is 168 Å². The predicted molar refractivity (Wildman–Crippen MR) is 189 cm³/mol. The van der Waals surface area contributed by atoms with Gasteiger partial charge in [0, 0.05) is 11.4 Å². The molecule has 0 unspecified atom stereocenters. The molecule has 0 radical (unpaired) electrons. The molecule has 2 aromatic heterocycles. The molecule has 0 N–H and O–H groups in total. The molecule has 2 heteroatoms. The molecule has 1 aromatic carbocycles. The minimum absolute atomic E-state index is 0.0120. The summed E-state index contributed by atoms with van der Waals surface area (Å²) in [5.41, 5.74) is 16.4. The van der Waals surface area contributed by atoms with Crippen LogP contribution in [0, 0.1) is 6.92 Å². The van der Waals surface area contributed by atoms with Crippen molar-refractivity contribution in [3.8, 4) is 11.1 Å². The highest BCUT2D eigenvalue weighted by molar-refractivity contribution is 5.75. The van der Waals surface area contributed by atoms with E-state index in [1.165, 1.54) is 125 Å². The van der Waals surface area contributed by atoms with Crippen LogP contribution in [0.25, 0.3) is 11.1 Å². The molecule has 0 fully saturated rings. The number of hydrogen-bond donors (Lipinski definition) is 0. The smallest absolute Gasteiger partial charge is 0.0567 e. The summed E-state index contributed by atoms with van der Waals surface area (Å²) < 4.78 is 0. The van der Waals surface area contributed by atoms with Gasteiger partial charge in [-0.15, -0.1) is 0 Å². The first-order chi connectivity index (χ1) is 21.6. The van der Waals surface area contributed by atoms with Crippen molar-refractivity contribution in [1.82, 2.24) is 9.97 Å². The van der Waals surface area contributed by atoms with Gasteiger partial charge in [-0.2, -0.15) is 0 Å². The highest BCUT2D eigenvalue weighted by Crippen LogP contribution is 2.54. The Hall–Kier alpha value is -2.48. The number of rotatable bonds is 17. The summed E-state index contributed by atoms with van der Waals surface area (Å²) in [6.45, 7) is 11.7. The molecule has 0 amide bonds. The monoisotopic (exact) mass is 592 g/mol. The van der Waals surface area contributed by atoms with Crippen LogP contribution < -0.4 is 0 Å². The van der Waals surface area contributed by atoms with Crippen LogP contribution in [0.2, 0.25) is 0 Å². The van der Waals surface area contributed by atoms with Crippen LogP contribution in [0.3, 0.4) is 0 Å². The molecule has 0 saturated heterocycles. The average Bonchev–Trinajstić information content (AvgIpc) is 3.60. The zero-order valence-electron chi connectivity index (χ0n) is 28.9. The van der Waals surface area contributed by atoms with Crippen LogP contribution in [0.1, 0.15) is 168 Å². The number of unbranched alkanes of at least 4 members (excludes halogenated alkanes) is 8. The molecule has 1 spiro atoms. The largest absolute Gasteiger partial charge is 0.256 e. The van der Waals surface area contributed by atoms with Crippen LogP contribution in [0.5, 0.6) is 0 Å². The number of benzene rings is 1. The molecule has 2 nitrogen and oxygen atoms in total. The van der Waals surface area contributed by atoms with E-state index < -0.39 is 0 Å². The topological polar surface area (TPSA) is 25.8 Å². The van der Waals surface area contributed by atoms with Gasteiger partial charge in [0.15, 0.2) is 0 Å². The van der Waals surface area contributed by atoms with Gasteiger partial charge in [0.2, 0.25) is 0 Å². The summed E-state index contributed by atoms with van der Waals surface area (Å²) in [5.74, 6) is 0. The van der Waals surface area contributed by atoms with Crippen molar-refractivity contribution in [2.75, 3.05) is 0 Å². The fourth-order valence-electron chi connectivity index (χ4n) is 8.45. The highest BCUT2D eigenvalue weighted by Gasteiger charge is 2.49. The lowest BCUT2D eigenvalue weighted by Gasteiger charge is -2.28. The molecule has 0 bridgehead atoms. The molecule has 0 saturated carbocycles. The predicted octanol–water partition coefficient (Wildman–Crippen LogP) is 11.6. The Morgan fingerprint density at radius 1 is 0.568 bits per heavy atom. The third kappa shape index (κ3) is 6.70. The second kappa shape index (κ2) is 15.7. The van der Waals surface area contributed by atoms with Gasteiger partial charge in [0.05, 0.1) is 16.8 Å². The van der Waals surface area contributed by atoms with Crippen LogP contribution in [-0.2, 0) is 43.9 Å². The molecule has 2 aliphatic carbocycles. The van der Waals surface area contributed by atoms with Crippen molar-refractivity contribution in [3.05, 3.63) is 80.9 Å². The minimum atomic E-state index is -0.0120. The molecule has 44 heavy (non-hydrogen) atoms. The van der Waals surface area contributed by atoms with Gasteiger partial charge < -0.3 is 0 Å². The number of fused-ring (bicyclic) bond motifs is 4. The van der Waals surface area contributed by atoms with Crippen molar-refractivity contribution in [1.29, 1.82) is 0 Å². The Morgan fingerprint density at radius 3 is 1.61 bits per heavy atom. The first-order valence-electron chi connectivity index (χ1n) is 18.7. The SMILES string of the molecule is CCCCCc1nc2c(c(C)c1CCCCC)CC[C@@]21CCc2c1nc(CCCCC)c(CCCCC)c2-c1ccccc1. The fourth-order valence-corrected chi connectivity index (χ4v) is 8.45. The Kier molecular flexibility index (Phi) is 11.7. The molecular formula is C42H60N2. The van der Waals surface area contributed by atoms with Crippen LogP contribution in [0.15, 0.2) is 30.3 Å². The summed E-state index contributed by atoms with van der Waals surface area (Å²) in [5, 5.41) is 0. The van der Waals surface area contributed by atoms with E-state index in [1.807, 2.05) is 0 Å². The van der Waals surface area contributed by atoms with Gasteiger partial charge in [-0.25, -0.2) is 0 Å². The summed E-state index contributed by atoms with van der Waals surface area (Å²) in [4.78, 5) is 11.6. The van der Waals surface area contributed by atoms with E-state index in [4.69, 9.17) is 9.97 Å². The quantitative estimate of drug-likeness (QED) is 0.146. The number of pyridine rings is 2. The normalized spacial score (nSPS) is 17.0. The van der Waals surface area contributed by atoms with Crippen molar-refractivity contribution < 1.29 is 0 Å². The third-order valence-corrected chi connectivity index (χ3v) is 10.9. The standard InChI is InChI=1S/C42H60N2/c1-6-10-15-23-33-31(5)34-27-29-42(40(34)43-37(33)25-17-12-8-3)30-28-36-39(32-21-19-14-20-22-32)35(24-16-11-7-2)38(44-41(36)42)26-18-13-9-4/h14,19-22H,6-13,15-18,23-30H2,1-5H3/t42-/m1/s1. The van der Waals surface area contributed by atoms with Crippen LogP contribution in [-0.4, -0.2) is 9.97 Å². The van der Waals surface area contributed by atoms with Gasteiger partial charge >= 0.3 is 0 Å². The number of aryl methyl sites for hydroxylation is 2. The lowest BCUT2D eigenvalue weighted by molar-refractivity contribution is 0.480. The maximum atomic E-state index is 5.80. The number of hydrogen-bond acceptors (Lipinski definition) is 2. The summed E-state index contributed by atoms with van der Waals surface area (Å²) in [6, 6.07) is 11.4. The summed E-state index contributed by atoms with van der Waals surface area (Å²) in [7, 11) is 0.